The number of aromatic nitrogens is 1. The number of ether oxygens (including phenoxy) is 1. The molecule has 0 saturated carbocycles. The highest BCUT2D eigenvalue weighted by Gasteiger charge is 2.49. The molecule has 0 radical (unpaired) electrons. The van der Waals surface area contributed by atoms with Crippen molar-refractivity contribution in [3.05, 3.63) is 40.4 Å². The molecule has 3 atom stereocenters. The van der Waals surface area contributed by atoms with Crippen LogP contribution in [0.5, 0.6) is 0 Å². The highest BCUT2D eigenvalue weighted by Crippen LogP contribution is 2.54. The predicted molar refractivity (Wildman–Crippen MR) is 104 cm³/mol. The predicted octanol–water partition coefficient (Wildman–Crippen LogP) is 3.96. The van der Waals surface area contributed by atoms with Crippen LogP contribution in [-0.4, -0.2) is 42.1 Å². The topological polar surface area (TPSA) is 74.8 Å². The minimum absolute atomic E-state index is 0.166. The average molecular weight is 369 g/mol. The van der Waals surface area contributed by atoms with E-state index in [1.54, 1.807) is 0 Å². The van der Waals surface area contributed by atoms with Crippen molar-refractivity contribution in [1.82, 2.24) is 9.88 Å². The number of benzene rings is 1. The molecular weight excluding hydrogens is 342 g/mol. The van der Waals surface area contributed by atoms with Crippen molar-refractivity contribution in [2.75, 3.05) is 20.2 Å². The fraction of sp³-hybridized carbons (Fsp3) is 0.571. The van der Waals surface area contributed by atoms with E-state index in [9.17, 15) is 9.70 Å². The number of H-pyrrole nitrogens is 1. The van der Waals surface area contributed by atoms with Gasteiger partial charge in [-0.3, -0.25) is 4.90 Å². The Morgan fingerprint density at radius 3 is 2.96 bits per heavy atom. The minimum atomic E-state index is -0.940. The lowest BCUT2D eigenvalue weighted by Crippen LogP contribution is -2.50. The molecule has 2 aliphatic heterocycles. The standard InChI is InChI=1S/C21H27N3O3/c1-3-21(13-17(23-26)20(25)27-2)10-6-11-24-12-9-15-14-7-4-5-8-16(14)22-18(15)19(21)24/h4-5,7-8,17,19,22H,3,6,9-13H2,1-2H3/t17?,19-,21+/m0/s1. The number of methoxy groups -OCH3 is 1. The summed E-state index contributed by atoms with van der Waals surface area (Å²) < 4.78 is 4.83. The lowest BCUT2D eigenvalue weighted by molar-refractivity contribution is -0.144. The van der Waals surface area contributed by atoms with Crippen molar-refractivity contribution < 1.29 is 9.53 Å². The Morgan fingerprint density at radius 2 is 2.22 bits per heavy atom. The summed E-state index contributed by atoms with van der Waals surface area (Å²) in [6.45, 7) is 4.23. The summed E-state index contributed by atoms with van der Waals surface area (Å²) in [6.07, 6.45) is 4.43. The molecule has 1 N–H and O–H groups in total. The van der Waals surface area contributed by atoms with E-state index in [-0.39, 0.29) is 11.5 Å². The van der Waals surface area contributed by atoms with Crippen LogP contribution in [0.2, 0.25) is 0 Å². The Kier molecular flexibility index (Phi) is 4.76. The number of aromatic amines is 1. The molecule has 144 valence electrons. The smallest absolute Gasteiger partial charge is 0.334 e. The Labute approximate surface area is 159 Å². The van der Waals surface area contributed by atoms with E-state index in [2.05, 4.69) is 46.2 Å². The third-order valence-electron chi connectivity index (χ3n) is 6.74. The van der Waals surface area contributed by atoms with E-state index in [1.165, 1.54) is 23.8 Å². The summed E-state index contributed by atoms with van der Waals surface area (Å²) in [5.74, 6) is -0.525. The van der Waals surface area contributed by atoms with Gasteiger partial charge in [0, 0.05) is 23.1 Å². The van der Waals surface area contributed by atoms with Crippen molar-refractivity contribution in [3.63, 3.8) is 0 Å². The van der Waals surface area contributed by atoms with Gasteiger partial charge in [-0.2, -0.15) is 0 Å². The lowest BCUT2D eigenvalue weighted by atomic mass is 9.65. The van der Waals surface area contributed by atoms with Crippen LogP contribution < -0.4 is 0 Å². The van der Waals surface area contributed by atoms with Crippen LogP contribution in [0.4, 0.5) is 0 Å². The SMILES string of the molecule is CC[C@]1(CC(N=O)C(=O)OC)CCCN2CCc3c([nH]c4ccccc34)[C@H]21. The summed E-state index contributed by atoms with van der Waals surface area (Å²) in [4.78, 5) is 29.7. The fourth-order valence-electron chi connectivity index (χ4n) is 5.41. The first-order valence-corrected chi connectivity index (χ1v) is 9.87. The molecule has 4 rings (SSSR count). The maximum absolute atomic E-state index is 12.1. The van der Waals surface area contributed by atoms with Crippen LogP contribution in [-0.2, 0) is 16.0 Å². The fourth-order valence-corrected chi connectivity index (χ4v) is 5.41. The third kappa shape index (κ3) is 2.87. The van der Waals surface area contributed by atoms with Gasteiger partial charge in [0.15, 0.2) is 6.04 Å². The maximum atomic E-state index is 12.1. The van der Waals surface area contributed by atoms with E-state index in [0.29, 0.717) is 6.42 Å². The van der Waals surface area contributed by atoms with Gasteiger partial charge in [0.2, 0.25) is 0 Å². The van der Waals surface area contributed by atoms with Gasteiger partial charge >= 0.3 is 5.97 Å². The number of esters is 1. The van der Waals surface area contributed by atoms with Crippen LogP contribution in [0, 0.1) is 10.3 Å². The zero-order valence-electron chi connectivity index (χ0n) is 16.0. The summed E-state index contributed by atoms with van der Waals surface area (Å²) in [6, 6.07) is 7.69. The first-order chi connectivity index (χ1) is 13.1. The molecule has 1 aromatic heterocycles. The van der Waals surface area contributed by atoms with Crippen molar-refractivity contribution in [2.24, 2.45) is 10.6 Å². The van der Waals surface area contributed by atoms with Crippen molar-refractivity contribution >= 4 is 16.9 Å². The van der Waals surface area contributed by atoms with E-state index in [1.807, 2.05) is 0 Å². The zero-order valence-corrected chi connectivity index (χ0v) is 16.0. The summed E-state index contributed by atoms with van der Waals surface area (Å²) >= 11 is 0. The highest BCUT2D eigenvalue weighted by molar-refractivity contribution is 5.85. The van der Waals surface area contributed by atoms with Crippen molar-refractivity contribution in [2.45, 2.75) is 51.1 Å². The molecule has 0 spiro atoms. The molecule has 0 amide bonds. The molecule has 27 heavy (non-hydrogen) atoms. The van der Waals surface area contributed by atoms with Gasteiger partial charge in [-0.25, -0.2) is 4.79 Å². The van der Waals surface area contributed by atoms with Gasteiger partial charge < -0.3 is 9.72 Å². The first kappa shape index (κ1) is 18.2. The van der Waals surface area contributed by atoms with Gasteiger partial charge in [0.05, 0.1) is 13.2 Å². The van der Waals surface area contributed by atoms with E-state index in [4.69, 9.17) is 4.74 Å². The van der Waals surface area contributed by atoms with E-state index >= 15 is 0 Å². The van der Waals surface area contributed by atoms with Gasteiger partial charge in [-0.1, -0.05) is 30.3 Å². The molecule has 6 heteroatoms. The molecule has 3 heterocycles. The third-order valence-corrected chi connectivity index (χ3v) is 6.74. The first-order valence-electron chi connectivity index (χ1n) is 9.87. The Hall–Kier alpha value is -2.21. The van der Waals surface area contributed by atoms with E-state index in [0.717, 1.165) is 44.3 Å². The number of hydrogen-bond acceptors (Lipinski definition) is 5. The lowest BCUT2D eigenvalue weighted by Gasteiger charge is -2.52. The molecule has 2 aromatic rings. The molecule has 0 bridgehead atoms. The van der Waals surface area contributed by atoms with Crippen LogP contribution in [0.25, 0.3) is 10.9 Å². The van der Waals surface area contributed by atoms with Crippen LogP contribution in [0.15, 0.2) is 29.4 Å². The molecule has 1 aromatic carbocycles. The second-order valence-electron chi connectivity index (χ2n) is 7.92. The van der Waals surface area contributed by atoms with Gasteiger partial charge in [-0.15, -0.1) is 4.91 Å². The number of nitrogens with one attached hydrogen (secondary N) is 1. The number of piperidine rings is 1. The van der Waals surface area contributed by atoms with Crippen LogP contribution in [0.1, 0.15) is 49.9 Å². The second-order valence-corrected chi connectivity index (χ2v) is 7.92. The monoisotopic (exact) mass is 369 g/mol. The number of carbonyl (C=O) groups is 1. The molecule has 1 fully saturated rings. The Morgan fingerprint density at radius 1 is 1.41 bits per heavy atom. The number of nitrogens with zero attached hydrogens (tertiary/aromatic N) is 2. The number of hydrogen-bond donors (Lipinski definition) is 1. The van der Waals surface area contributed by atoms with Gasteiger partial charge in [0.1, 0.15) is 0 Å². The molecule has 0 aliphatic carbocycles. The van der Waals surface area contributed by atoms with Crippen LogP contribution in [0.3, 0.4) is 0 Å². The van der Waals surface area contributed by atoms with Gasteiger partial charge in [0.25, 0.3) is 0 Å². The number of fused-ring (bicyclic) bond motifs is 5. The number of para-hydroxylation sites is 1. The molecule has 1 unspecified atom stereocenters. The molecule has 2 aliphatic rings. The number of rotatable bonds is 5. The maximum Gasteiger partial charge on any atom is 0.334 e. The highest BCUT2D eigenvalue weighted by atomic mass is 16.5. The minimum Gasteiger partial charge on any atom is -0.467 e. The Balaban J connectivity index is 1.80. The zero-order chi connectivity index (χ0) is 19.0. The largest absolute Gasteiger partial charge is 0.467 e. The molecule has 1 saturated heterocycles. The number of carbonyl (C=O) groups excluding carboxylic acids is 1. The van der Waals surface area contributed by atoms with E-state index < -0.39 is 12.0 Å². The van der Waals surface area contributed by atoms with Crippen molar-refractivity contribution in [3.8, 4) is 0 Å². The number of nitroso groups, excluding NO2 is 1. The van der Waals surface area contributed by atoms with Crippen molar-refractivity contribution in [1.29, 1.82) is 0 Å². The molecular formula is C21H27N3O3. The summed E-state index contributed by atoms with van der Waals surface area (Å²) in [7, 11) is 1.32. The van der Waals surface area contributed by atoms with Crippen LogP contribution >= 0.6 is 0 Å². The second kappa shape index (κ2) is 7.08. The van der Waals surface area contributed by atoms with Gasteiger partial charge in [-0.05, 0) is 55.7 Å². The quantitative estimate of drug-likeness (QED) is 0.639. The normalized spacial score (nSPS) is 26.2. The summed E-state index contributed by atoms with van der Waals surface area (Å²) in [5, 5.41) is 4.42. The Bertz CT molecular complexity index is 861. The average Bonchev–Trinajstić information content (AvgIpc) is 3.10. The molecule has 6 nitrogen and oxygen atoms in total. The summed E-state index contributed by atoms with van der Waals surface area (Å²) in [5.41, 5.74) is 3.65.